The molecule has 0 amide bonds. The summed E-state index contributed by atoms with van der Waals surface area (Å²) in [6.45, 7) is -0.191. The molecule has 0 fully saturated rings. The van der Waals surface area contributed by atoms with Crippen molar-refractivity contribution in [3.05, 3.63) is 0 Å². The maximum absolute atomic E-state index is 9.88. The van der Waals surface area contributed by atoms with Crippen molar-refractivity contribution >= 4 is 16.5 Å². The van der Waals surface area contributed by atoms with E-state index in [-0.39, 0.29) is 161 Å². The fourth-order valence-corrected chi connectivity index (χ4v) is 0.988. The van der Waals surface area contributed by atoms with Gasteiger partial charge in [-0.15, -0.1) is 9.05 Å². The van der Waals surface area contributed by atoms with Crippen LogP contribution in [0.4, 0.5) is 0 Å². The second-order valence-corrected chi connectivity index (χ2v) is 3.08. The van der Waals surface area contributed by atoms with Crippen LogP contribution in [0.25, 0.3) is 0 Å². The SMILES string of the molecule is NC(CCO[P+](=O)[O-])O[P+](=O)[O-].[Na+].[Na+].[Na+].[Na+].[Na+]. The number of rotatable bonds is 6. The van der Waals surface area contributed by atoms with Crippen molar-refractivity contribution in [2.45, 2.75) is 12.6 Å². The largest absolute Gasteiger partial charge is 1.00 e. The van der Waals surface area contributed by atoms with Crippen LogP contribution in [0.5, 0.6) is 0 Å². The minimum absolute atomic E-state index is 0. The molecule has 0 spiro atoms. The molecule has 0 aliphatic carbocycles. The van der Waals surface area contributed by atoms with Crippen molar-refractivity contribution in [3.63, 3.8) is 0 Å². The van der Waals surface area contributed by atoms with Crippen LogP contribution in [-0.2, 0) is 18.2 Å². The molecule has 0 aromatic heterocycles. The molecule has 0 aliphatic heterocycles. The second-order valence-electron chi connectivity index (χ2n) is 1.71. The van der Waals surface area contributed by atoms with Gasteiger partial charge in [-0.25, -0.2) is 0 Å². The molecule has 3 atom stereocenters. The van der Waals surface area contributed by atoms with Gasteiger partial charge in [0.05, 0.1) is 0 Å². The molecule has 7 nitrogen and oxygen atoms in total. The monoisotopic (exact) mass is 330 g/mol. The Labute approximate surface area is 212 Å². The van der Waals surface area contributed by atoms with Crippen LogP contribution in [0.2, 0.25) is 0 Å². The first-order chi connectivity index (χ1) is 5.52. The molecule has 0 rings (SSSR count). The summed E-state index contributed by atoms with van der Waals surface area (Å²) in [5.41, 5.74) is 5.08. The van der Waals surface area contributed by atoms with Crippen molar-refractivity contribution in [2.24, 2.45) is 5.73 Å². The number of hydrogen-bond donors (Lipinski definition) is 1. The summed E-state index contributed by atoms with van der Waals surface area (Å²) < 4.78 is 27.9. The molecule has 2 N–H and O–H groups in total. The van der Waals surface area contributed by atoms with Gasteiger partial charge < -0.3 is 15.5 Å². The maximum atomic E-state index is 9.88. The van der Waals surface area contributed by atoms with E-state index in [2.05, 4.69) is 9.05 Å². The predicted molar refractivity (Wildman–Crippen MR) is 34.8 cm³/mol. The second kappa shape index (κ2) is 25.9. The van der Waals surface area contributed by atoms with Crippen molar-refractivity contribution in [2.75, 3.05) is 6.61 Å². The third kappa shape index (κ3) is 33.7. The molecule has 0 saturated carbocycles. The normalized spacial score (nSPS) is 11.0. The minimum Gasteiger partial charge on any atom is -0.566 e. The van der Waals surface area contributed by atoms with Crippen LogP contribution < -0.4 is 163 Å². The van der Waals surface area contributed by atoms with Gasteiger partial charge in [0.1, 0.15) is 6.61 Å². The van der Waals surface area contributed by atoms with Gasteiger partial charge in [0.2, 0.25) is 0 Å². The van der Waals surface area contributed by atoms with Gasteiger partial charge in [0.25, 0.3) is 0 Å². The Morgan fingerprint density at radius 3 is 1.71 bits per heavy atom. The third-order valence-electron chi connectivity index (χ3n) is 0.821. The maximum Gasteiger partial charge on any atom is 1.00 e. The fourth-order valence-electron chi connectivity index (χ4n) is 0.407. The molecule has 3 unspecified atom stereocenters. The van der Waals surface area contributed by atoms with Crippen LogP contribution in [0.3, 0.4) is 0 Å². The smallest absolute Gasteiger partial charge is 0.566 e. The molecule has 0 heterocycles. The molecule has 0 bridgehead atoms. The third-order valence-corrected chi connectivity index (χ3v) is 1.66. The molecule has 0 aromatic carbocycles. The quantitative estimate of drug-likeness (QED) is 0.291. The van der Waals surface area contributed by atoms with Crippen LogP contribution in [0, 0.1) is 0 Å². The van der Waals surface area contributed by atoms with E-state index in [4.69, 9.17) is 5.73 Å². The minimum atomic E-state index is -3.00. The zero-order valence-corrected chi connectivity index (χ0v) is 22.7. The van der Waals surface area contributed by atoms with Gasteiger partial charge in [0, 0.05) is 6.42 Å². The number of hydrogen-bond acceptors (Lipinski definition) is 7. The van der Waals surface area contributed by atoms with Gasteiger partial charge in [-0.2, -0.15) is 0 Å². The van der Waals surface area contributed by atoms with Crippen molar-refractivity contribution in [1.82, 2.24) is 0 Å². The summed E-state index contributed by atoms with van der Waals surface area (Å²) in [6.07, 6.45) is -1.06. The average molecular weight is 330 g/mol. The summed E-state index contributed by atoms with van der Waals surface area (Å²) in [6, 6.07) is 0. The standard InChI is InChI=1S/C3H7NO6P2.5Na/c4-3(10-12(7)8)1-2-9-11(5)6;;;;;/h3H,1-2,4H2;;;;;/q;5*+1. The van der Waals surface area contributed by atoms with Crippen LogP contribution in [0.15, 0.2) is 0 Å². The van der Waals surface area contributed by atoms with Crippen LogP contribution in [0.1, 0.15) is 6.42 Å². The molecule has 0 aromatic rings. The zero-order valence-electron chi connectivity index (χ0n) is 10.9. The first-order valence-electron chi connectivity index (χ1n) is 2.86. The van der Waals surface area contributed by atoms with Crippen LogP contribution in [-0.4, -0.2) is 12.8 Å². The van der Waals surface area contributed by atoms with Crippen molar-refractivity contribution in [3.8, 4) is 0 Å². The molecule has 17 heavy (non-hydrogen) atoms. The molecule has 70 valence electrons. The van der Waals surface area contributed by atoms with E-state index in [1.165, 1.54) is 0 Å². The Hall–Kier alpha value is 5.00. The topological polar surface area (TPSA) is 125 Å². The van der Waals surface area contributed by atoms with E-state index in [9.17, 15) is 18.9 Å². The predicted octanol–water partition coefficient (Wildman–Crippen LogP) is -16.3. The molecule has 0 saturated heterocycles. The van der Waals surface area contributed by atoms with Gasteiger partial charge in [-0.05, 0) is 9.13 Å². The molecule has 0 aliphatic rings. The van der Waals surface area contributed by atoms with E-state index < -0.39 is 22.7 Å². The molecular weight excluding hydrogens is 323 g/mol. The van der Waals surface area contributed by atoms with E-state index in [0.29, 0.717) is 0 Å². The summed E-state index contributed by atoms with van der Waals surface area (Å²) in [7, 11) is -5.92. The summed E-state index contributed by atoms with van der Waals surface area (Å²) in [5, 5.41) is 0. The first-order valence-corrected chi connectivity index (χ1v) is 5.05. The Kier molecular flexibility index (Phi) is 57.8. The molecule has 0 radical (unpaired) electrons. The van der Waals surface area contributed by atoms with Gasteiger partial charge in [-0.1, -0.05) is 0 Å². The summed E-state index contributed by atoms with van der Waals surface area (Å²) in [4.78, 5) is 19.7. The zero-order chi connectivity index (χ0) is 9.56. The molecular formula is C3H7NNa5O6P2+5. The van der Waals surface area contributed by atoms with Gasteiger partial charge >= 0.3 is 164 Å². The van der Waals surface area contributed by atoms with Crippen molar-refractivity contribution in [1.29, 1.82) is 0 Å². The Morgan fingerprint density at radius 1 is 1.00 bits per heavy atom. The van der Waals surface area contributed by atoms with Crippen LogP contribution >= 0.6 is 16.5 Å². The van der Waals surface area contributed by atoms with E-state index in [1.807, 2.05) is 0 Å². The Balaban J connectivity index is -0.0000000605. The van der Waals surface area contributed by atoms with E-state index in [1.54, 1.807) is 0 Å². The Bertz CT molecular complexity index is 189. The number of nitrogens with two attached hydrogens (primary N) is 1. The summed E-state index contributed by atoms with van der Waals surface area (Å²) in [5.74, 6) is 0. The Morgan fingerprint density at radius 2 is 1.41 bits per heavy atom. The molecule has 14 heteroatoms. The van der Waals surface area contributed by atoms with E-state index in [0.717, 1.165) is 0 Å². The summed E-state index contributed by atoms with van der Waals surface area (Å²) >= 11 is 0. The van der Waals surface area contributed by atoms with E-state index >= 15 is 0 Å². The first kappa shape index (κ1) is 37.9. The van der Waals surface area contributed by atoms with Crippen molar-refractivity contribution < 1.29 is 176 Å². The fraction of sp³-hybridized carbons (Fsp3) is 1.00. The average Bonchev–Trinajstić information content (AvgIpc) is 1.84. The van der Waals surface area contributed by atoms with Gasteiger partial charge in [-0.3, -0.25) is 0 Å². The van der Waals surface area contributed by atoms with Gasteiger partial charge in [0.15, 0.2) is 6.23 Å².